The van der Waals surface area contributed by atoms with Crippen LogP contribution in [0.5, 0.6) is 0 Å². The predicted octanol–water partition coefficient (Wildman–Crippen LogP) is 5.30. The molecule has 0 saturated heterocycles. The van der Waals surface area contributed by atoms with Gasteiger partial charge < -0.3 is 14.6 Å². The van der Waals surface area contributed by atoms with Crippen molar-refractivity contribution in [3.8, 4) is 0 Å². The van der Waals surface area contributed by atoms with Gasteiger partial charge in [-0.15, -0.1) is 0 Å². The summed E-state index contributed by atoms with van der Waals surface area (Å²) in [5.41, 5.74) is 0.535. The zero-order valence-corrected chi connectivity index (χ0v) is 16.9. The number of nitrogens with one attached hydrogen (secondary N) is 1. The maximum absolute atomic E-state index is 13.8. The van der Waals surface area contributed by atoms with Crippen molar-refractivity contribution >= 4 is 40.1 Å². The van der Waals surface area contributed by atoms with Crippen molar-refractivity contribution in [2.24, 2.45) is 0 Å². The van der Waals surface area contributed by atoms with Crippen LogP contribution in [-0.4, -0.2) is 29.8 Å². The number of nitrogens with zero attached hydrogens (tertiary/aromatic N) is 1. The van der Waals surface area contributed by atoms with Crippen LogP contribution in [-0.2, 0) is 4.79 Å². The van der Waals surface area contributed by atoms with Crippen molar-refractivity contribution in [1.82, 2.24) is 4.90 Å². The van der Waals surface area contributed by atoms with E-state index < -0.39 is 41.5 Å². The second kappa shape index (κ2) is 8.79. The lowest BCUT2D eigenvalue weighted by molar-refractivity contribution is -0.116. The van der Waals surface area contributed by atoms with E-state index in [4.69, 9.17) is 16.0 Å². The second-order valence-corrected chi connectivity index (χ2v) is 7.13. The molecule has 1 N–H and O–H groups in total. The molecule has 0 unspecified atom stereocenters. The summed E-state index contributed by atoms with van der Waals surface area (Å²) in [6.45, 7) is 3.32. The summed E-state index contributed by atoms with van der Waals surface area (Å²) in [5.74, 6) is -5.80. The van der Waals surface area contributed by atoms with E-state index in [-0.39, 0.29) is 12.3 Å². The molecule has 0 aliphatic carbocycles. The highest BCUT2D eigenvalue weighted by atomic mass is 35.5. The van der Waals surface area contributed by atoms with Gasteiger partial charge in [-0.2, -0.15) is 0 Å². The van der Waals surface area contributed by atoms with Crippen molar-refractivity contribution < 1.29 is 27.2 Å². The van der Waals surface area contributed by atoms with Crippen molar-refractivity contribution in [2.45, 2.75) is 20.3 Å². The smallest absolute Gasteiger partial charge is 0.290 e. The van der Waals surface area contributed by atoms with Gasteiger partial charge in [-0.05, 0) is 43.7 Å². The Labute approximate surface area is 175 Å². The molecule has 0 saturated carbocycles. The lowest BCUT2D eigenvalue weighted by Gasteiger charge is -2.21. The van der Waals surface area contributed by atoms with Crippen LogP contribution in [0.2, 0.25) is 5.02 Å². The fourth-order valence-corrected chi connectivity index (χ4v) is 3.22. The summed E-state index contributed by atoms with van der Waals surface area (Å²) in [6.07, 6.45) is 0.545. The molecule has 2 amide bonds. The average molecular weight is 439 g/mol. The summed E-state index contributed by atoms with van der Waals surface area (Å²) < 4.78 is 45.9. The number of rotatable bonds is 6. The summed E-state index contributed by atoms with van der Waals surface area (Å²) in [7, 11) is 0. The molecule has 0 fully saturated rings. The van der Waals surface area contributed by atoms with Crippen LogP contribution in [0.3, 0.4) is 0 Å². The predicted molar refractivity (Wildman–Crippen MR) is 107 cm³/mol. The number of carbonyl (C=O) groups excluding carboxylic acids is 2. The van der Waals surface area contributed by atoms with Gasteiger partial charge in [0.15, 0.2) is 23.2 Å². The standard InChI is InChI=1S/C21H18ClF3N2O3/c1-3-8-27(10-17(28)26-15-6-5-14(23)18(24)19(15)25)21(29)20-11(2)13-9-12(22)4-7-16(13)30-20/h4-7,9H,3,8,10H2,1-2H3,(H,26,28). The van der Waals surface area contributed by atoms with Crippen molar-refractivity contribution in [1.29, 1.82) is 0 Å². The monoisotopic (exact) mass is 438 g/mol. The van der Waals surface area contributed by atoms with Gasteiger partial charge >= 0.3 is 0 Å². The summed E-state index contributed by atoms with van der Waals surface area (Å²) >= 11 is 6.00. The number of furan rings is 1. The fraction of sp³-hybridized carbons (Fsp3) is 0.238. The van der Waals surface area contributed by atoms with Crippen molar-refractivity contribution in [3.05, 3.63) is 64.1 Å². The lowest BCUT2D eigenvalue weighted by atomic mass is 10.1. The zero-order valence-electron chi connectivity index (χ0n) is 16.2. The third kappa shape index (κ3) is 4.28. The molecule has 1 aromatic heterocycles. The van der Waals surface area contributed by atoms with Gasteiger partial charge in [0.05, 0.1) is 5.69 Å². The number of halogens is 4. The van der Waals surface area contributed by atoms with Crippen LogP contribution < -0.4 is 5.32 Å². The molecule has 0 bridgehead atoms. The van der Waals surface area contributed by atoms with Gasteiger partial charge in [-0.3, -0.25) is 9.59 Å². The first kappa shape index (κ1) is 21.7. The minimum atomic E-state index is -1.69. The maximum Gasteiger partial charge on any atom is 0.290 e. The Morgan fingerprint density at radius 2 is 1.87 bits per heavy atom. The molecule has 5 nitrogen and oxygen atoms in total. The third-order valence-corrected chi connectivity index (χ3v) is 4.75. The van der Waals surface area contributed by atoms with Crippen molar-refractivity contribution in [2.75, 3.05) is 18.4 Å². The number of amides is 2. The number of benzene rings is 2. The number of carbonyl (C=O) groups is 2. The van der Waals surface area contributed by atoms with Crippen LogP contribution in [0.15, 0.2) is 34.7 Å². The van der Waals surface area contributed by atoms with Crippen molar-refractivity contribution in [3.63, 3.8) is 0 Å². The topological polar surface area (TPSA) is 62.6 Å². The number of aryl methyl sites for hydroxylation is 1. The molecular weight excluding hydrogens is 421 g/mol. The van der Waals surface area contributed by atoms with E-state index in [1.54, 1.807) is 25.1 Å². The van der Waals surface area contributed by atoms with E-state index in [1.807, 2.05) is 6.92 Å². The van der Waals surface area contributed by atoms with Gasteiger partial charge in [0.25, 0.3) is 5.91 Å². The molecule has 0 aliphatic heterocycles. The van der Waals surface area contributed by atoms with E-state index in [0.29, 0.717) is 34.0 Å². The average Bonchev–Trinajstić information content (AvgIpc) is 3.03. The first-order chi connectivity index (χ1) is 14.2. The van der Waals surface area contributed by atoms with Crippen LogP contribution in [0.1, 0.15) is 29.5 Å². The zero-order chi connectivity index (χ0) is 22.0. The highest BCUT2D eigenvalue weighted by Gasteiger charge is 2.25. The Balaban J connectivity index is 1.82. The molecular formula is C21H18ClF3N2O3. The summed E-state index contributed by atoms with van der Waals surface area (Å²) in [6, 6.07) is 6.56. The highest BCUT2D eigenvalue weighted by Crippen LogP contribution is 2.29. The van der Waals surface area contributed by atoms with E-state index in [2.05, 4.69) is 5.32 Å². The molecule has 158 valence electrons. The highest BCUT2D eigenvalue weighted by molar-refractivity contribution is 6.31. The van der Waals surface area contributed by atoms with Crippen LogP contribution in [0, 0.1) is 24.4 Å². The normalized spacial score (nSPS) is 11.0. The molecule has 9 heteroatoms. The summed E-state index contributed by atoms with van der Waals surface area (Å²) in [4.78, 5) is 26.6. The molecule has 30 heavy (non-hydrogen) atoms. The first-order valence-electron chi connectivity index (χ1n) is 9.14. The Morgan fingerprint density at radius 3 is 2.57 bits per heavy atom. The molecule has 2 aromatic carbocycles. The molecule has 3 aromatic rings. The van der Waals surface area contributed by atoms with Crippen LogP contribution >= 0.6 is 11.6 Å². The fourth-order valence-electron chi connectivity index (χ4n) is 3.05. The number of anilines is 1. The van der Waals surface area contributed by atoms with E-state index in [9.17, 15) is 22.8 Å². The minimum Gasteiger partial charge on any atom is -0.451 e. The third-order valence-electron chi connectivity index (χ3n) is 4.52. The minimum absolute atomic E-state index is 0.0625. The first-order valence-corrected chi connectivity index (χ1v) is 9.52. The van der Waals surface area contributed by atoms with Gasteiger partial charge in [0, 0.05) is 22.5 Å². The van der Waals surface area contributed by atoms with Crippen LogP contribution in [0.25, 0.3) is 11.0 Å². The molecule has 1 heterocycles. The SMILES string of the molecule is CCCN(CC(=O)Nc1ccc(F)c(F)c1F)C(=O)c1oc2ccc(Cl)cc2c1C. The molecule has 0 atom stereocenters. The number of fused-ring (bicyclic) bond motifs is 1. The van der Waals surface area contributed by atoms with Gasteiger partial charge in [-0.25, -0.2) is 13.2 Å². The van der Waals surface area contributed by atoms with Gasteiger partial charge in [0.2, 0.25) is 5.91 Å². The molecule has 0 radical (unpaired) electrons. The van der Waals surface area contributed by atoms with Gasteiger partial charge in [-0.1, -0.05) is 18.5 Å². The quantitative estimate of drug-likeness (QED) is 0.531. The van der Waals surface area contributed by atoms with E-state index in [0.717, 1.165) is 6.07 Å². The Bertz CT molecular complexity index is 1130. The Morgan fingerprint density at radius 1 is 1.13 bits per heavy atom. The Kier molecular flexibility index (Phi) is 6.36. The van der Waals surface area contributed by atoms with Crippen LogP contribution in [0.4, 0.5) is 18.9 Å². The number of hydrogen-bond acceptors (Lipinski definition) is 3. The summed E-state index contributed by atoms with van der Waals surface area (Å²) in [5, 5.41) is 3.33. The second-order valence-electron chi connectivity index (χ2n) is 6.69. The van der Waals surface area contributed by atoms with Gasteiger partial charge in [0.1, 0.15) is 12.1 Å². The largest absolute Gasteiger partial charge is 0.451 e. The molecule has 0 spiro atoms. The number of hydrogen-bond donors (Lipinski definition) is 1. The maximum atomic E-state index is 13.8. The molecule has 3 rings (SSSR count). The Hall–Kier alpha value is -3.00. The molecule has 0 aliphatic rings. The lowest BCUT2D eigenvalue weighted by Crippen LogP contribution is -2.38. The van der Waals surface area contributed by atoms with E-state index in [1.165, 1.54) is 4.90 Å². The van der Waals surface area contributed by atoms with E-state index >= 15 is 0 Å².